The van der Waals surface area contributed by atoms with Crippen molar-refractivity contribution in [3.8, 4) is 5.69 Å². The van der Waals surface area contributed by atoms with E-state index in [1.54, 1.807) is 23.0 Å². The van der Waals surface area contributed by atoms with Gasteiger partial charge in [-0.25, -0.2) is 4.68 Å². The summed E-state index contributed by atoms with van der Waals surface area (Å²) in [6, 6.07) is 15.0. The minimum Gasteiger partial charge on any atom is -0.309 e. The predicted octanol–water partition coefficient (Wildman–Crippen LogP) is 3.54. The molecule has 3 rings (SSSR count). The number of para-hydroxylation sites is 1. The molecule has 0 saturated heterocycles. The van der Waals surface area contributed by atoms with Gasteiger partial charge in [0.2, 0.25) is 5.91 Å². The first kappa shape index (κ1) is 15.2. The molecule has 5 nitrogen and oxygen atoms in total. The molecule has 0 bridgehead atoms. The summed E-state index contributed by atoms with van der Waals surface area (Å²) in [7, 11) is 0. The third-order valence-corrected chi connectivity index (χ3v) is 4.16. The van der Waals surface area contributed by atoms with Gasteiger partial charge in [0.15, 0.2) is 11.6 Å². The van der Waals surface area contributed by atoms with E-state index in [0.717, 1.165) is 5.69 Å². The number of carbonyl (C=O) groups is 2. The van der Waals surface area contributed by atoms with Gasteiger partial charge in [-0.1, -0.05) is 24.3 Å². The number of nitrogens with zero attached hydrogens (tertiary/aromatic N) is 2. The zero-order chi connectivity index (χ0) is 16.1. The molecule has 6 heteroatoms. The summed E-state index contributed by atoms with van der Waals surface area (Å²) in [5.74, 6) is 0.251. The zero-order valence-corrected chi connectivity index (χ0v) is 13.1. The number of hydrogen-bond donors (Lipinski definition) is 1. The molecule has 0 aliphatic rings. The van der Waals surface area contributed by atoms with Crippen molar-refractivity contribution in [2.24, 2.45) is 0 Å². The van der Waals surface area contributed by atoms with Gasteiger partial charge < -0.3 is 5.32 Å². The molecule has 1 amide bonds. The van der Waals surface area contributed by atoms with Gasteiger partial charge in [0.05, 0.1) is 10.6 Å². The number of anilines is 1. The molecule has 0 radical (unpaired) electrons. The normalized spacial score (nSPS) is 10.4. The summed E-state index contributed by atoms with van der Waals surface area (Å²) in [5, 5.41) is 8.86. The molecule has 0 fully saturated rings. The van der Waals surface area contributed by atoms with Crippen LogP contribution < -0.4 is 5.32 Å². The van der Waals surface area contributed by atoms with Gasteiger partial charge in [-0.3, -0.25) is 9.59 Å². The highest BCUT2D eigenvalue weighted by molar-refractivity contribution is 7.12. The Hall–Kier alpha value is -2.73. The van der Waals surface area contributed by atoms with Crippen LogP contribution in [0.4, 0.5) is 5.82 Å². The van der Waals surface area contributed by atoms with E-state index >= 15 is 0 Å². The summed E-state index contributed by atoms with van der Waals surface area (Å²) in [4.78, 5) is 24.5. The van der Waals surface area contributed by atoms with Crippen molar-refractivity contribution in [3.05, 3.63) is 65.0 Å². The summed E-state index contributed by atoms with van der Waals surface area (Å²) in [5.41, 5.74) is 0.917. The maximum Gasteiger partial charge on any atom is 0.226 e. The number of aromatic nitrogens is 2. The SMILES string of the molecule is O=C(CCC(=O)c1cccs1)Nc1ccn(-c2ccccc2)n1. The van der Waals surface area contributed by atoms with Crippen LogP contribution >= 0.6 is 11.3 Å². The number of hydrogen-bond acceptors (Lipinski definition) is 4. The number of thiophene rings is 1. The van der Waals surface area contributed by atoms with Crippen molar-refractivity contribution in [2.75, 3.05) is 5.32 Å². The van der Waals surface area contributed by atoms with Crippen molar-refractivity contribution in [1.29, 1.82) is 0 Å². The number of benzene rings is 1. The van der Waals surface area contributed by atoms with Crippen LogP contribution in [0.5, 0.6) is 0 Å². The second kappa shape index (κ2) is 7.02. The Morgan fingerprint density at radius 2 is 1.87 bits per heavy atom. The van der Waals surface area contributed by atoms with E-state index in [1.807, 2.05) is 41.8 Å². The van der Waals surface area contributed by atoms with Gasteiger partial charge in [-0.2, -0.15) is 5.10 Å². The Kier molecular flexibility index (Phi) is 4.63. The standard InChI is InChI=1S/C17H15N3O2S/c21-14(15-7-4-12-23-15)8-9-17(22)18-16-10-11-20(19-16)13-5-2-1-3-6-13/h1-7,10-12H,8-9H2,(H,18,19,22). The smallest absolute Gasteiger partial charge is 0.226 e. The number of Topliss-reactive ketones (excluding diaryl/α,β-unsaturated/α-hetero) is 1. The molecular formula is C17H15N3O2S. The highest BCUT2D eigenvalue weighted by atomic mass is 32.1. The van der Waals surface area contributed by atoms with Crippen LogP contribution in [0, 0.1) is 0 Å². The quantitative estimate of drug-likeness (QED) is 0.705. The van der Waals surface area contributed by atoms with Gasteiger partial charge in [0.25, 0.3) is 0 Å². The number of carbonyl (C=O) groups excluding carboxylic acids is 2. The van der Waals surface area contributed by atoms with Crippen molar-refractivity contribution < 1.29 is 9.59 Å². The predicted molar refractivity (Wildman–Crippen MR) is 90.1 cm³/mol. The minimum atomic E-state index is -0.215. The number of ketones is 1. The van der Waals surface area contributed by atoms with Gasteiger partial charge in [-0.05, 0) is 23.6 Å². The lowest BCUT2D eigenvalue weighted by Gasteiger charge is -2.02. The van der Waals surface area contributed by atoms with E-state index < -0.39 is 0 Å². The Bertz CT molecular complexity index is 794. The molecule has 1 N–H and O–H groups in total. The van der Waals surface area contributed by atoms with Crippen LogP contribution in [-0.4, -0.2) is 21.5 Å². The van der Waals surface area contributed by atoms with Crippen molar-refractivity contribution in [3.63, 3.8) is 0 Å². The van der Waals surface area contributed by atoms with Crippen LogP contribution in [0.1, 0.15) is 22.5 Å². The lowest BCUT2D eigenvalue weighted by atomic mass is 10.2. The summed E-state index contributed by atoms with van der Waals surface area (Å²) in [6.07, 6.45) is 2.13. The Morgan fingerprint density at radius 1 is 1.04 bits per heavy atom. The molecule has 0 unspecified atom stereocenters. The maximum atomic E-state index is 11.9. The first-order valence-electron chi connectivity index (χ1n) is 7.20. The molecular weight excluding hydrogens is 310 g/mol. The molecule has 0 saturated carbocycles. The van der Waals surface area contributed by atoms with E-state index in [-0.39, 0.29) is 24.5 Å². The number of amides is 1. The molecule has 0 aliphatic heterocycles. The van der Waals surface area contributed by atoms with Crippen molar-refractivity contribution in [1.82, 2.24) is 9.78 Å². The summed E-state index contributed by atoms with van der Waals surface area (Å²) in [6.45, 7) is 0. The van der Waals surface area contributed by atoms with Crippen molar-refractivity contribution in [2.45, 2.75) is 12.8 Å². The maximum absolute atomic E-state index is 11.9. The molecule has 2 heterocycles. The lowest BCUT2D eigenvalue weighted by Crippen LogP contribution is -2.13. The highest BCUT2D eigenvalue weighted by Gasteiger charge is 2.11. The molecule has 0 aliphatic carbocycles. The first-order chi connectivity index (χ1) is 11.2. The minimum absolute atomic E-state index is 0.00929. The van der Waals surface area contributed by atoms with Gasteiger partial charge in [0, 0.05) is 25.1 Å². The average molecular weight is 325 g/mol. The second-order valence-electron chi connectivity index (χ2n) is 4.93. The van der Waals surface area contributed by atoms with Crippen LogP contribution in [0.3, 0.4) is 0 Å². The Morgan fingerprint density at radius 3 is 2.61 bits per heavy atom. The lowest BCUT2D eigenvalue weighted by molar-refractivity contribution is -0.116. The molecule has 23 heavy (non-hydrogen) atoms. The average Bonchev–Trinajstić information content (AvgIpc) is 3.25. The van der Waals surface area contributed by atoms with Crippen LogP contribution in [0.25, 0.3) is 5.69 Å². The molecule has 0 atom stereocenters. The fraction of sp³-hybridized carbons (Fsp3) is 0.118. The van der Waals surface area contributed by atoms with E-state index in [4.69, 9.17) is 0 Å². The third-order valence-electron chi connectivity index (χ3n) is 3.25. The van der Waals surface area contributed by atoms with Crippen molar-refractivity contribution >= 4 is 28.8 Å². The van der Waals surface area contributed by atoms with E-state index in [1.165, 1.54) is 11.3 Å². The highest BCUT2D eigenvalue weighted by Crippen LogP contribution is 2.13. The van der Waals surface area contributed by atoms with Gasteiger partial charge in [0.1, 0.15) is 0 Å². The largest absolute Gasteiger partial charge is 0.309 e. The Balaban J connectivity index is 1.54. The summed E-state index contributed by atoms with van der Waals surface area (Å²) < 4.78 is 1.69. The molecule has 2 aromatic heterocycles. The van der Waals surface area contributed by atoms with E-state index in [0.29, 0.717) is 10.7 Å². The van der Waals surface area contributed by atoms with E-state index in [9.17, 15) is 9.59 Å². The monoisotopic (exact) mass is 325 g/mol. The van der Waals surface area contributed by atoms with Gasteiger partial charge >= 0.3 is 0 Å². The number of rotatable bonds is 6. The molecule has 0 spiro atoms. The number of nitrogens with one attached hydrogen (secondary N) is 1. The molecule has 1 aromatic carbocycles. The fourth-order valence-electron chi connectivity index (χ4n) is 2.11. The topological polar surface area (TPSA) is 64.0 Å². The molecule has 116 valence electrons. The fourth-order valence-corrected chi connectivity index (χ4v) is 2.80. The third kappa shape index (κ3) is 3.92. The zero-order valence-electron chi connectivity index (χ0n) is 12.3. The van der Waals surface area contributed by atoms with Crippen LogP contribution in [0.15, 0.2) is 60.1 Å². The second-order valence-corrected chi connectivity index (χ2v) is 5.88. The first-order valence-corrected chi connectivity index (χ1v) is 8.08. The molecule has 3 aromatic rings. The van der Waals surface area contributed by atoms with Gasteiger partial charge in [-0.15, -0.1) is 11.3 Å². The van der Waals surface area contributed by atoms with Crippen LogP contribution in [-0.2, 0) is 4.79 Å². The Labute approximate surface area is 137 Å². The summed E-state index contributed by atoms with van der Waals surface area (Å²) >= 11 is 1.39. The van der Waals surface area contributed by atoms with Crippen LogP contribution in [0.2, 0.25) is 0 Å². The van der Waals surface area contributed by atoms with E-state index in [2.05, 4.69) is 10.4 Å².